The van der Waals surface area contributed by atoms with Crippen LogP contribution in [-0.4, -0.2) is 33.0 Å². The van der Waals surface area contributed by atoms with Crippen molar-refractivity contribution >= 4 is 40.9 Å². The van der Waals surface area contributed by atoms with Gasteiger partial charge in [-0.05, 0) is 30.3 Å². The van der Waals surface area contributed by atoms with Gasteiger partial charge >= 0.3 is 0 Å². The lowest BCUT2D eigenvalue weighted by Crippen LogP contribution is -2.24. The van der Waals surface area contributed by atoms with Crippen LogP contribution in [0.3, 0.4) is 0 Å². The third kappa shape index (κ3) is 6.01. The summed E-state index contributed by atoms with van der Waals surface area (Å²) >= 11 is 13.4. The van der Waals surface area contributed by atoms with E-state index in [2.05, 4.69) is 22.1 Å². The molecule has 1 heterocycles. The topological polar surface area (TPSA) is 69.0 Å². The molecule has 1 amide bonds. The van der Waals surface area contributed by atoms with Crippen molar-refractivity contribution in [1.29, 1.82) is 0 Å². The minimum atomic E-state index is -0.271. The molecule has 0 spiro atoms. The normalized spacial score (nSPS) is 10.6. The summed E-state index contributed by atoms with van der Waals surface area (Å²) in [5, 5.41) is 12.7. The van der Waals surface area contributed by atoms with Crippen LogP contribution in [0.4, 0.5) is 0 Å². The standard InChI is InChI=1S/C21H20Cl2N4O2S/c1-2-10-27-19(14-24-20(28)15-8-9-17(22)18(23)13-15)25-26-21(27)30-12-11-29-16-6-4-3-5-7-16/h2-9,13H,1,10-12,14H2,(H,24,28). The van der Waals surface area contributed by atoms with Crippen molar-refractivity contribution in [2.45, 2.75) is 18.2 Å². The van der Waals surface area contributed by atoms with Crippen molar-refractivity contribution in [3.63, 3.8) is 0 Å². The second kappa shape index (κ2) is 11.1. The number of allylic oxidation sites excluding steroid dienone is 1. The third-order valence-electron chi connectivity index (χ3n) is 4.02. The molecule has 0 atom stereocenters. The van der Waals surface area contributed by atoms with Crippen molar-refractivity contribution in [3.8, 4) is 5.75 Å². The smallest absolute Gasteiger partial charge is 0.251 e. The molecule has 0 fully saturated rings. The van der Waals surface area contributed by atoms with Crippen LogP contribution in [0.25, 0.3) is 0 Å². The number of carbonyl (C=O) groups is 1. The summed E-state index contributed by atoms with van der Waals surface area (Å²) in [7, 11) is 0. The van der Waals surface area contributed by atoms with Crippen molar-refractivity contribution in [2.24, 2.45) is 0 Å². The predicted octanol–water partition coefficient (Wildman–Crippen LogP) is 4.87. The summed E-state index contributed by atoms with van der Waals surface area (Å²) in [5.41, 5.74) is 0.423. The van der Waals surface area contributed by atoms with E-state index in [-0.39, 0.29) is 12.5 Å². The Labute approximate surface area is 189 Å². The molecule has 1 N–H and O–H groups in total. The summed E-state index contributed by atoms with van der Waals surface area (Å²) in [6.45, 7) is 5.09. The summed E-state index contributed by atoms with van der Waals surface area (Å²) < 4.78 is 7.62. The van der Waals surface area contributed by atoms with Gasteiger partial charge < -0.3 is 14.6 Å². The fourth-order valence-corrected chi connectivity index (χ4v) is 3.66. The molecule has 0 aliphatic rings. The molecule has 1 aromatic heterocycles. The summed E-state index contributed by atoms with van der Waals surface area (Å²) in [6, 6.07) is 14.4. The van der Waals surface area contributed by atoms with E-state index in [1.807, 2.05) is 34.9 Å². The largest absolute Gasteiger partial charge is 0.493 e. The highest BCUT2D eigenvalue weighted by Crippen LogP contribution is 2.23. The van der Waals surface area contributed by atoms with Crippen molar-refractivity contribution in [1.82, 2.24) is 20.1 Å². The van der Waals surface area contributed by atoms with Crippen LogP contribution in [-0.2, 0) is 13.1 Å². The molecule has 0 unspecified atom stereocenters. The molecule has 0 aliphatic carbocycles. The molecule has 2 aromatic carbocycles. The number of rotatable bonds is 10. The number of hydrogen-bond acceptors (Lipinski definition) is 5. The van der Waals surface area contributed by atoms with Gasteiger partial charge in [0.05, 0.1) is 23.2 Å². The number of nitrogens with zero attached hydrogens (tertiary/aromatic N) is 3. The first-order valence-corrected chi connectivity index (χ1v) is 10.9. The van der Waals surface area contributed by atoms with E-state index in [0.29, 0.717) is 40.3 Å². The number of hydrogen-bond donors (Lipinski definition) is 1. The monoisotopic (exact) mass is 462 g/mol. The van der Waals surface area contributed by atoms with Gasteiger partial charge in [0.1, 0.15) is 5.75 Å². The Hall–Kier alpha value is -2.48. The number of benzene rings is 2. The number of carbonyl (C=O) groups excluding carboxylic acids is 1. The molecule has 0 saturated heterocycles. The predicted molar refractivity (Wildman–Crippen MR) is 121 cm³/mol. The van der Waals surface area contributed by atoms with Gasteiger partial charge in [-0.2, -0.15) is 0 Å². The molecule has 9 heteroatoms. The fraction of sp³-hybridized carbons (Fsp3) is 0.190. The van der Waals surface area contributed by atoms with Crippen molar-refractivity contribution < 1.29 is 9.53 Å². The van der Waals surface area contributed by atoms with Crippen LogP contribution >= 0.6 is 35.0 Å². The van der Waals surface area contributed by atoms with E-state index in [4.69, 9.17) is 27.9 Å². The Balaban J connectivity index is 1.57. The van der Waals surface area contributed by atoms with E-state index in [1.54, 1.807) is 18.2 Å². The van der Waals surface area contributed by atoms with E-state index in [0.717, 1.165) is 10.9 Å². The van der Waals surface area contributed by atoms with E-state index >= 15 is 0 Å². The van der Waals surface area contributed by atoms with E-state index in [9.17, 15) is 4.79 Å². The second-order valence-corrected chi connectivity index (χ2v) is 8.00. The third-order valence-corrected chi connectivity index (χ3v) is 5.69. The highest BCUT2D eigenvalue weighted by Gasteiger charge is 2.14. The summed E-state index contributed by atoms with van der Waals surface area (Å²) in [6.07, 6.45) is 1.76. The van der Waals surface area contributed by atoms with Crippen LogP contribution in [0.2, 0.25) is 10.0 Å². The van der Waals surface area contributed by atoms with Gasteiger partial charge in [-0.3, -0.25) is 4.79 Å². The molecule has 156 valence electrons. The van der Waals surface area contributed by atoms with Crippen LogP contribution in [0.1, 0.15) is 16.2 Å². The first-order valence-electron chi connectivity index (χ1n) is 9.15. The molecule has 0 saturated carbocycles. The molecule has 0 aliphatic heterocycles. The van der Waals surface area contributed by atoms with Crippen LogP contribution < -0.4 is 10.1 Å². The number of para-hydroxylation sites is 1. The summed E-state index contributed by atoms with van der Waals surface area (Å²) in [4.78, 5) is 12.4. The van der Waals surface area contributed by atoms with Gasteiger partial charge in [0.2, 0.25) is 0 Å². The lowest BCUT2D eigenvalue weighted by atomic mass is 10.2. The molecule has 3 aromatic rings. The van der Waals surface area contributed by atoms with Crippen LogP contribution in [0, 0.1) is 0 Å². The number of amides is 1. The zero-order valence-electron chi connectivity index (χ0n) is 16.1. The summed E-state index contributed by atoms with van der Waals surface area (Å²) in [5.74, 6) is 1.90. The highest BCUT2D eigenvalue weighted by atomic mass is 35.5. The average Bonchev–Trinajstić information content (AvgIpc) is 3.14. The number of aromatic nitrogens is 3. The maximum Gasteiger partial charge on any atom is 0.251 e. The first kappa shape index (κ1) is 22.2. The van der Waals surface area contributed by atoms with Gasteiger partial charge in [-0.1, -0.05) is 59.2 Å². The Kier molecular flexibility index (Phi) is 8.19. The Morgan fingerprint density at radius 1 is 1.17 bits per heavy atom. The minimum absolute atomic E-state index is 0.223. The zero-order valence-corrected chi connectivity index (χ0v) is 18.4. The van der Waals surface area contributed by atoms with Gasteiger partial charge in [0, 0.05) is 17.9 Å². The first-order chi connectivity index (χ1) is 14.6. The van der Waals surface area contributed by atoms with Crippen LogP contribution in [0.5, 0.6) is 5.75 Å². The van der Waals surface area contributed by atoms with Gasteiger partial charge in [0.15, 0.2) is 11.0 Å². The average molecular weight is 463 g/mol. The zero-order chi connectivity index (χ0) is 21.3. The van der Waals surface area contributed by atoms with Gasteiger partial charge in [-0.25, -0.2) is 0 Å². The van der Waals surface area contributed by atoms with E-state index in [1.165, 1.54) is 17.8 Å². The van der Waals surface area contributed by atoms with Crippen molar-refractivity contribution in [2.75, 3.05) is 12.4 Å². The molecule has 30 heavy (non-hydrogen) atoms. The lowest BCUT2D eigenvalue weighted by molar-refractivity contribution is 0.0949. The molecular weight excluding hydrogens is 443 g/mol. The number of nitrogens with one attached hydrogen (secondary N) is 1. The quantitative estimate of drug-likeness (QED) is 0.264. The Morgan fingerprint density at radius 2 is 1.97 bits per heavy atom. The number of ether oxygens (including phenoxy) is 1. The fourth-order valence-electron chi connectivity index (χ4n) is 2.58. The number of halogens is 2. The molecular formula is C21H20Cl2N4O2S. The molecule has 0 radical (unpaired) electrons. The minimum Gasteiger partial charge on any atom is -0.493 e. The lowest BCUT2D eigenvalue weighted by Gasteiger charge is -2.09. The SMILES string of the molecule is C=CCn1c(CNC(=O)c2ccc(Cl)c(Cl)c2)nnc1SCCOc1ccccc1. The maximum absolute atomic E-state index is 12.4. The maximum atomic E-state index is 12.4. The Morgan fingerprint density at radius 3 is 2.70 bits per heavy atom. The highest BCUT2D eigenvalue weighted by molar-refractivity contribution is 7.99. The Bertz CT molecular complexity index is 1010. The molecule has 0 bridgehead atoms. The van der Waals surface area contributed by atoms with E-state index < -0.39 is 0 Å². The van der Waals surface area contributed by atoms with Crippen LogP contribution in [0.15, 0.2) is 66.3 Å². The number of thioether (sulfide) groups is 1. The van der Waals surface area contributed by atoms with Crippen molar-refractivity contribution in [3.05, 3.63) is 82.6 Å². The molecule has 6 nitrogen and oxygen atoms in total. The molecule has 3 rings (SSSR count). The second-order valence-electron chi connectivity index (χ2n) is 6.12. The van der Waals surface area contributed by atoms with Gasteiger partial charge in [0.25, 0.3) is 5.91 Å². The van der Waals surface area contributed by atoms with Gasteiger partial charge in [-0.15, -0.1) is 16.8 Å².